The average Bonchev–Trinajstić information content (AvgIpc) is 2.37. The highest BCUT2D eigenvalue weighted by molar-refractivity contribution is 5.74. The van der Waals surface area contributed by atoms with Crippen molar-refractivity contribution in [2.24, 2.45) is 0 Å². The van der Waals surface area contributed by atoms with Gasteiger partial charge in [-0.15, -0.1) is 0 Å². The standard InChI is InChI=1S/C11H24N2O5/c1-2-12-11(16)13(3-7-17-9-5-14)4-8-18-10-6-15/h14-15H,2-10H2,1H3,(H,12,16). The second kappa shape index (κ2) is 12.6. The van der Waals surface area contributed by atoms with Gasteiger partial charge in [0.15, 0.2) is 0 Å². The molecule has 0 atom stereocenters. The molecule has 0 bridgehead atoms. The molecule has 18 heavy (non-hydrogen) atoms. The number of rotatable bonds is 11. The molecule has 0 rings (SSSR count). The first-order valence-electron chi connectivity index (χ1n) is 6.16. The highest BCUT2D eigenvalue weighted by Gasteiger charge is 2.11. The molecule has 0 saturated heterocycles. The minimum Gasteiger partial charge on any atom is -0.394 e. The summed E-state index contributed by atoms with van der Waals surface area (Å²) in [6.45, 7) is 4.51. The molecule has 0 heterocycles. The van der Waals surface area contributed by atoms with Crippen LogP contribution in [0, 0.1) is 0 Å². The molecule has 2 amide bonds. The molecule has 0 spiro atoms. The summed E-state index contributed by atoms with van der Waals surface area (Å²) in [5.41, 5.74) is 0. The van der Waals surface area contributed by atoms with Crippen LogP contribution in [0.5, 0.6) is 0 Å². The number of hydrogen-bond acceptors (Lipinski definition) is 5. The predicted octanol–water partition coefficient (Wildman–Crippen LogP) is -0.964. The van der Waals surface area contributed by atoms with Crippen LogP contribution in [-0.2, 0) is 9.47 Å². The van der Waals surface area contributed by atoms with Crippen molar-refractivity contribution in [3.05, 3.63) is 0 Å². The van der Waals surface area contributed by atoms with E-state index in [4.69, 9.17) is 19.7 Å². The van der Waals surface area contributed by atoms with E-state index < -0.39 is 0 Å². The average molecular weight is 264 g/mol. The lowest BCUT2D eigenvalue weighted by atomic mass is 10.5. The summed E-state index contributed by atoms with van der Waals surface area (Å²) in [7, 11) is 0. The maximum absolute atomic E-state index is 11.7. The van der Waals surface area contributed by atoms with Gasteiger partial charge in [-0.25, -0.2) is 4.79 Å². The van der Waals surface area contributed by atoms with E-state index in [-0.39, 0.29) is 32.5 Å². The van der Waals surface area contributed by atoms with Gasteiger partial charge in [0, 0.05) is 19.6 Å². The number of urea groups is 1. The summed E-state index contributed by atoms with van der Waals surface area (Å²) in [6, 6.07) is -0.169. The zero-order valence-electron chi connectivity index (χ0n) is 10.9. The van der Waals surface area contributed by atoms with Gasteiger partial charge in [0.2, 0.25) is 0 Å². The molecule has 0 saturated carbocycles. The first-order valence-corrected chi connectivity index (χ1v) is 6.16. The van der Waals surface area contributed by atoms with Crippen molar-refractivity contribution in [2.75, 3.05) is 59.3 Å². The van der Waals surface area contributed by atoms with Crippen LogP contribution in [0.1, 0.15) is 6.92 Å². The molecule has 3 N–H and O–H groups in total. The fourth-order valence-corrected chi connectivity index (χ4v) is 1.26. The summed E-state index contributed by atoms with van der Waals surface area (Å²) in [4.78, 5) is 13.3. The minimum absolute atomic E-state index is 0.0270. The number of carbonyl (C=O) groups excluding carboxylic acids is 1. The van der Waals surface area contributed by atoms with Gasteiger partial charge < -0.3 is 29.9 Å². The molecule has 0 aliphatic heterocycles. The van der Waals surface area contributed by atoms with Crippen LogP contribution in [0.4, 0.5) is 4.79 Å². The van der Waals surface area contributed by atoms with Gasteiger partial charge in [-0.2, -0.15) is 0 Å². The number of hydrogen-bond donors (Lipinski definition) is 3. The lowest BCUT2D eigenvalue weighted by molar-refractivity contribution is 0.0590. The van der Waals surface area contributed by atoms with Gasteiger partial charge in [0.1, 0.15) is 0 Å². The Labute approximate surface area is 108 Å². The van der Waals surface area contributed by atoms with E-state index in [1.807, 2.05) is 6.92 Å². The van der Waals surface area contributed by atoms with Gasteiger partial charge in [0.05, 0.1) is 39.6 Å². The zero-order valence-corrected chi connectivity index (χ0v) is 10.9. The van der Waals surface area contributed by atoms with Gasteiger partial charge in [0.25, 0.3) is 0 Å². The van der Waals surface area contributed by atoms with Gasteiger partial charge in [-0.05, 0) is 6.92 Å². The molecule has 108 valence electrons. The zero-order chi connectivity index (χ0) is 13.6. The first-order chi connectivity index (χ1) is 8.76. The molecule has 0 aromatic heterocycles. The maximum Gasteiger partial charge on any atom is 0.317 e. The Balaban J connectivity index is 3.88. The summed E-state index contributed by atoms with van der Waals surface area (Å²) < 4.78 is 10.2. The maximum atomic E-state index is 11.7. The van der Waals surface area contributed by atoms with Crippen LogP contribution >= 0.6 is 0 Å². The van der Waals surface area contributed by atoms with Crippen molar-refractivity contribution in [2.45, 2.75) is 6.92 Å². The van der Waals surface area contributed by atoms with E-state index in [9.17, 15) is 4.79 Å². The third-order valence-corrected chi connectivity index (χ3v) is 2.10. The van der Waals surface area contributed by atoms with Crippen molar-refractivity contribution < 1.29 is 24.5 Å². The molecule has 0 unspecified atom stereocenters. The Morgan fingerprint density at radius 3 is 1.94 bits per heavy atom. The van der Waals surface area contributed by atoms with Crippen molar-refractivity contribution in [3.63, 3.8) is 0 Å². The van der Waals surface area contributed by atoms with Gasteiger partial charge >= 0.3 is 6.03 Å². The van der Waals surface area contributed by atoms with Crippen LogP contribution in [0.25, 0.3) is 0 Å². The van der Waals surface area contributed by atoms with E-state index in [2.05, 4.69) is 5.32 Å². The van der Waals surface area contributed by atoms with Crippen molar-refractivity contribution >= 4 is 6.03 Å². The van der Waals surface area contributed by atoms with E-state index >= 15 is 0 Å². The minimum atomic E-state index is -0.169. The van der Waals surface area contributed by atoms with Crippen LogP contribution in [0.2, 0.25) is 0 Å². The Morgan fingerprint density at radius 1 is 1.06 bits per heavy atom. The molecular weight excluding hydrogens is 240 g/mol. The lowest BCUT2D eigenvalue weighted by Crippen LogP contribution is -2.43. The number of carbonyl (C=O) groups is 1. The van der Waals surface area contributed by atoms with Crippen molar-refractivity contribution in [1.29, 1.82) is 0 Å². The topological polar surface area (TPSA) is 91.3 Å². The number of aliphatic hydroxyl groups excluding tert-OH is 2. The summed E-state index contributed by atoms with van der Waals surface area (Å²) in [6.07, 6.45) is 0. The number of nitrogens with zero attached hydrogens (tertiary/aromatic N) is 1. The van der Waals surface area contributed by atoms with Crippen molar-refractivity contribution in [1.82, 2.24) is 10.2 Å². The monoisotopic (exact) mass is 264 g/mol. The highest BCUT2D eigenvalue weighted by Crippen LogP contribution is 1.91. The number of amides is 2. The molecule has 0 radical (unpaired) electrons. The SMILES string of the molecule is CCNC(=O)N(CCOCCO)CCOCCO. The van der Waals surface area contributed by atoms with E-state index in [1.165, 1.54) is 0 Å². The summed E-state index contributed by atoms with van der Waals surface area (Å²) >= 11 is 0. The summed E-state index contributed by atoms with van der Waals surface area (Å²) in [5, 5.41) is 19.8. The van der Waals surface area contributed by atoms with Crippen molar-refractivity contribution in [3.8, 4) is 0 Å². The van der Waals surface area contributed by atoms with Gasteiger partial charge in [-0.3, -0.25) is 0 Å². The fourth-order valence-electron chi connectivity index (χ4n) is 1.26. The van der Waals surface area contributed by atoms with Crippen LogP contribution in [0.3, 0.4) is 0 Å². The molecule has 0 aliphatic carbocycles. The molecule has 0 aromatic carbocycles. The fraction of sp³-hybridized carbons (Fsp3) is 0.909. The first kappa shape index (κ1) is 17.1. The molecule has 7 heteroatoms. The third kappa shape index (κ3) is 9.17. The number of nitrogens with one attached hydrogen (secondary N) is 1. The van der Waals surface area contributed by atoms with Crippen LogP contribution in [0.15, 0.2) is 0 Å². The molecule has 0 aromatic rings. The second-order valence-corrected chi connectivity index (χ2v) is 3.49. The van der Waals surface area contributed by atoms with Gasteiger partial charge in [-0.1, -0.05) is 0 Å². The number of aliphatic hydroxyl groups is 2. The highest BCUT2D eigenvalue weighted by atomic mass is 16.5. The predicted molar refractivity (Wildman–Crippen MR) is 66.5 cm³/mol. The second-order valence-electron chi connectivity index (χ2n) is 3.49. The van der Waals surface area contributed by atoms with E-state index in [0.717, 1.165) is 0 Å². The van der Waals surface area contributed by atoms with E-state index in [0.29, 0.717) is 32.8 Å². The normalized spacial score (nSPS) is 10.4. The number of ether oxygens (including phenoxy) is 2. The molecule has 7 nitrogen and oxygen atoms in total. The van der Waals surface area contributed by atoms with Crippen LogP contribution < -0.4 is 5.32 Å². The van der Waals surface area contributed by atoms with Crippen LogP contribution in [-0.4, -0.2) is 80.4 Å². The smallest absolute Gasteiger partial charge is 0.317 e. The Hall–Kier alpha value is -0.890. The quantitative estimate of drug-likeness (QED) is 0.418. The Morgan fingerprint density at radius 2 is 1.56 bits per heavy atom. The lowest BCUT2D eigenvalue weighted by Gasteiger charge is -2.22. The molecule has 0 fully saturated rings. The Kier molecular flexibility index (Phi) is 11.9. The molecular formula is C11H24N2O5. The Bertz CT molecular complexity index is 192. The third-order valence-electron chi connectivity index (χ3n) is 2.10. The largest absolute Gasteiger partial charge is 0.394 e. The summed E-state index contributed by atoms with van der Waals surface area (Å²) in [5.74, 6) is 0. The molecule has 0 aliphatic rings. The van der Waals surface area contributed by atoms with E-state index in [1.54, 1.807) is 4.90 Å².